The Morgan fingerprint density at radius 1 is 1.50 bits per heavy atom. The minimum absolute atomic E-state index is 0.0660. The molecule has 1 saturated carbocycles. The Kier molecular flexibility index (Phi) is 5.60. The minimum atomic E-state index is -0.325. The van der Waals surface area contributed by atoms with Crippen molar-refractivity contribution in [3.63, 3.8) is 0 Å². The Balaban J connectivity index is 2.67. The van der Waals surface area contributed by atoms with Crippen LogP contribution in [-0.4, -0.2) is 44.2 Å². The van der Waals surface area contributed by atoms with Gasteiger partial charge in [0.1, 0.15) is 0 Å². The van der Waals surface area contributed by atoms with Crippen molar-refractivity contribution < 1.29 is 9.53 Å². The third kappa shape index (κ3) is 3.45. The maximum atomic E-state index is 12.6. The largest absolute Gasteiger partial charge is 0.380 e. The summed E-state index contributed by atoms with van der Waals surface area (Å²) in [6.45, 7) is 5.32. The van der Waals surface area contributed by atoms with Crippen molar-refractivity contribution in [1.29, 1.82) is 0 Å². The molecule has 0 aromatic heterocycles. The summed E-state index contributed by atoms with van der Waals surface area (Å²) in [7, 11) is 3.53. The van der Waals surface area contributed by atoms with Gasteiger partial charge in [-0.1, -0.05) is 6.92 Å². The monoisotopic (exact) mass is 256 g/mol. The van der Waals surface area contributed by atoms with E-state index in [1.54, 1.807) is 12.0 Å². The van der Waals surface area contributed by atoms with Crippen molar-refractivity contribution in [1.82, 2.24) is 4.90 Å². The van der Waals surface area contributed by atoms with Crippen LogP contribution < -0.4 is 5.73 Å². The van der Waals surface area contributed by atoms with Gasteiger partial charge in [0, 0.05) is 27.2 Å². The molecule has 0 bridgehead atoms. The molecule has 0 aliphatic heterocycles. The van der Waals surface area contributed by atoms with Crippen LogP contribution >= 0.6 is 0 Å². The van der Waals surface area contributed by atoms with Crippen LogP contribution in [0.3, 0.4) is 0 Å². The zero-order chi connectivity index (χ0) is 13.8. The van der Waals surface area contributed by atoms with Crippen molar-refractivity contribution in [3.8, 4) is 0 Å². The molecule has 2 N–H and O–H groups in total. The molecule has 1 atom stereocenters. The SMILES string of the molecule is COC(C)CN(C)C(=O)C1(CN)CCC(C)CC1. The van der Waals surface area contributed by atoms with Crippen molar-refractivity contribution in [2.75, 3.05) is 27.2 Å². The van der Waals surface area contributed by atoms with E-state index in [9.17, 15) is 4.79 Å². The first-order valence-corrected chi connectivity index (χ1v) is 6.93. The molecule has 1 aliphatic carbocycles. The van der Waals surface area contributed by atoms with Gasteiger partial charge in [0.15, 0.2) is 0 Å². The number of methoxy groups -OCH3 is 1. The van der Waals surface area contributed by atoms with Gasteiger partial charge in [-0.2, -0.15) is 0 Å². The van der Waals surface area contributed by atoms with E-state index in [4.69, 9.17) is 10.5 Å². The van der Waals surface area contributed by atoms with E-state index < -0.39 is 0 Å². The van der Waals surface area contributed by atoms with E-state index >= 15 is 0 Å². The highest BCUT2D eigenvalue weighted by molar-refractivity contribution is 5.83. The van der Waals surface area contributed by atoms with Crippen molar-refractivity contribution in [2.45, 2.75) is 45.6 Å². The number of nitrogens with two attached hydrogens (primary N) is 1. The van der Waals surface area contributed by atoms with E-state index in [0.717, 1.165) is 31.6 Å². The van der Waals surface area contributed by atoms with E-state index in [1.165, 1.54) is 0 Å². The number of hydrogen-bond acceptors (Lipinski definition) is 3. The molecule has 106 valence electrons. The number of likely N-dealkylation sites (N-methyl/N-ethyl adjacent to an activating group) is 1. The second kappa shape index (κ2) is 6.53. The Labute approximate surface area is 111 Å². The molecule has 0 spiro atoms. The maximum absolute atomic E-state index is 12.6. The summed E-state index contributed by atoms with van der Waals surface area (Å²) in [5.74, 6) is 0.918. The van der Waals surface area contributed by atoms with Gasteiger partial charge in [0.05, 0.1) is 11.5 Å². The molecule has 4 heteroatoms. The highest BCUT2D eigenvalue weighted by atomic mass is 16.5. The van der Waals surface area contributed by atoms with Gasteiger partial charge in [0.25, 0.3) is 0 Å². The van der Waals surface area contributed by atoms with Crippen LogP contribution in [-0.2, 0) is 9.53 Å². The molecule has 0 aromatic rings. The molecule has 18 heavy (non-hydrogen) atoms. The van der Waals surface area contributed by atoms with Gasteiger partial charge in [-0.25, -0.2) is 0 Å². The fourth-order valence-electron chi connectivity index (χ4n) is 2.77. The molecule has 1 amide bonds. The van der Waals surface area contributed by atoms with Gasteiger partial charge in [-0.05, 0) is 38.5 Å². The lowest BCUT2D eigenvalue weighted by atomic mass is 9.70. The van der Waals surface area contributed by atoms with Crippen LogP contribution in [0.15, 0.2) is 0 Å². The zero-order valence-electron chi connectivity index (χ0n) is 12.2. The fourth-order valence-corrected chi connectivity index (χ4v) is 2.77. The lowest BCUT2D eigenvalue weighted by Gasteiger charge is -2.40. The van der Waals surface area contributed by atoms with Crippen molar-refractivity contribution >= 4 is 5.91 Å². The Hall–Kier alpha value is -0.610. The lowest BCUT2D eigenvalue weighted by molar-refractivity contribution is -0.144. The molecule has 1 fully saturated rings. The molecule has 0 heterocycles. The quantitative estimate of drug-likeness (QED) is 0.813. The number of nitrogens with zero attached hydrogens (tertiary/aromatic N) is 1. The first-order chi connectivity index (χ1) is 8.45. The number of amides is 1. The second-order valence-corrected chi connectivity index (χ2v) is 5.90. The van der Waals surface area contributed by atoms with Crippen molar-refractivity contribution in [3.05, 3.63) is 0 Å². The summed E-state index contributed by atoms with van der Waals surface area (Å²) in [5.41, 5.74) is 5.58. The van der Waals surface area contributed by atoms with Crippen molar-refractivity contribution in [2.24, 2.45) is 17.1 Å². The van der Waals surface area contributed by atoms with Gasteiger partial charge in [0.2, 0.25) is 5.91 Å². The molecule has 0 saturated heterocycles. The van der Waals surface area contributed by atoms with Crippen LogP contribution in [0.5, 0.6) is 0 Å². The van der Waals surface area contributed by atoms with E-state index in [-0.39, 0.29) is 17.4 Å². The number of rotatable bonds is 5. The molecule has 4 nitrogen and oxygen atoms in total. The fraction of sp³-hybridized carbons (Fsp3) is 0.929. The molecule has 1 rings (SSSR count). The standard InChI is InChI=1S/C14H28N2O2/c1-11-5-7-14(10-15,8-6-11)13(17)16(3)9-12(2)18-4/h11-12H,5-10,15H2,1-4H3. The average molecular weight is 256 g/mol. The first-order valence-electron chi connectivity index (χ1n) is 6.93. The topological polar surface area (TPSA) is 55.6 Å². The average Bonchev–Trinajstić information content (AvgIpc) is 2.39. The summed E-state index contributed by atoms with van der Waals surface area (Å²) in [6.07, 6.45) is 4.13. The Morgan fingerprint density at radius 2 is 2.06 bits per heavy atom. The molecule has 1 aliphatic rings. The Bertz CT molecular complexity index is 273. The van der Waals surface area contributed by atoms with E-state index in [2.05, 4.69) is 6.92 Å². The van der Waals surface area contributed by atoms with Gasteiger partial charge >= 0.3 is 0 Å². The van der Waals surface area contributed by atoms with E-state index in [1.807, 2.05) is 14.0 Å². The molecule has 1 unspecified atom stereocenters. The molecular weight excluding hydrogens is 228 g/mol. The molecular formula is C14H28N2O2. The van der Waals surface area contributed by atoms with E-state index in [0.29, 0.717) is 13.1 Å². The number of carbonyl (C=O) groups is 1. The number of hydrogen-bond donors (Lipinski definition) is 1. The molecule has 0 radical (unpaired) electrons. The van der Waals surface area contributed by atoms with Crippen LogP contribution in [0, 0.1) is 11.3 Å². The maximum Gasteiger partial charge on any atom is 0.229 e. The minimum Gasteiger partial charge on any atom is -0.380 e. The number of carbonyl (C=O) groups excluding carboxylic acids is 1. The van der Waals surface area contributed by atoms with Gasteiger partial charge in [-0.15, -0.1) is 0 Å². The predicted molar refractivity (Wildman–Crippen MR) is 73.2 cm³/mol. The highest BCUT2D eigenvalue weighted by Gasteiger charge is 2.41. The number of ether oxygens (including phenoxy) is 1. The van der Waals surface area contributed by atoms with Gasteiger partial charge in [-0.3, -0.25) is 4.79 Å². The van der Waals surface area contributed by atoms with Crippen LogP contribution in [0.4, 0.5) is 0 Å². The summed E-state index contributed by atoms with van der Waals surface area (Å²) in [6, 6.07) is 0. The second-order valence-electron chi connectivity index (χ2n) is 5.90. The third-order valence-corrected chi connectivity index (χ3v) is 4.36. The summed E-state index contributed by atoms with van der Waals surface area (Å²) >= 11 is 0. The van der Waals surface area contributed by atoms with Gasteiger partial charge < -0.3 is 15.4 Å². The molecule has 0 aromatic carbocycles. The lowest BCUT2D eigenvalue weighted by Crippen LogP contribution is -2.50. The van der Waals surface area contributed by atoms with Crippen LogP contribution in [0.1, 0.15) is 39.5 Å². The summed E-state index contributed by atoms with van der Waals surface area (Å²) in [4.78, 5) is 14.4. The smallest absolute Gasteiger partial charge is 0.229 e. The highest BCUT2D eigenvalue weighted by Crippen LogP contribution is 2.39. The summed E-state index contributed by atoms with van der Waals surface area (Å²) in [5, 5.41) is 0. The predicted octanol–water partition coefficient (Wildman–Crippen LogP) is 1.63. The van der Waals surface area contributed by atoms with Crippen LogP contribution in [0.25, 0.3) is 0 Å². The summed E-state index contributed by atoms with van der Waals surface area (Å²) < 4.78 is 5.22. The van der Waals surface area contributed by atoms with Crippen LogP contribution in [0.2, 0.25) is 0 Å². The third-order valence-electron chi connectivity index (χ3n) is 4.36. The normalized spacial score (nSPS) is 29.9. The first kappa shape index (κ1) is 15.4. The zero-order valence-corrected chi connectivity index (χ0v) is 12.2. The Morgan fingerprint density at radius 3 is 2.50 bits per heavy atom.